The van der Waals surface area contributed by atoms with Gasteiger partial charge in [-0.2, -0.15) is 0 Å². The molecule has 0 saturated carbocycles. The first-order valence-electron chi connectivity index (χ1n) is 8.23. The van der Waals surface area contributed by atoms with Gasteiger partial charge in [0.05, 0.1) is 16.7 Å². The largest absolute Gasteiger partial charge is 0.377 e. The van der Waals surface area contributed by atoms with Gasteiger partial charge in [0, 0.05) is 70.5 Å². The molecule has 0 atom stereocenters. The number of hydrogen-bond acceptors (Lipinski definition) is 7. The van der Waals surface area contributed by atoms with Crippen LogP contribution in [0.1, 0.15) is 10.4 Å². The SMILES string of the molecule is CN(C)c1ccc([N+](=O)[O-])cc1C(=O)N1CCN(c2cnccn2)CC1. The Morgan fingerprint density at radius 2 is 1.92 bits per heavy atom. The summed E-state index contributed by atoms with van der Waals surface area (Å²) in [7, 11) is 3.62. The zero-order valence-corrected chi connectivity index (χ0v) is 14.7. The maximum atomic E-state index is 13.0. The molecule has 1 fully saturated rings. The standard InChI is InChI=1S/C17H20N6O3/c1-20(2)15-4-3-13(23(25)26)11-14(15)17(24)22-9-7-21(8-10-22)16-12-18-5-6-19-16/h3-6,11-12H,7-10H2,1-2H3. The van der Waals surface area contributed by atoms with Crippen molar-refractivity contribution < 1.29 is 9.72 Å². The van der Waals surface area contributed by atoms with Crippen LogP contribution < -0.4 is 9.80 Å². The summed E-state index contributed by atoms with van der Waals surface area (Å²) >= 11 is 0. The maximum Gasteiger partial charge on any atom is 0.270 e. The van der Waals surface area contributed by atoms with Crippen LogP contribution in [0.2, 0.25) is 0 Å². The van der Waals surface area contributed by atoms with Gasteiger partial charge >= 0.3 is 0 Å². The van der Waals surface area contributed by atoms with Crippen LogP contribution in [0.4, 0.5) is 17.2 Å². The van der Waals surface area contributed by atoms with Crippen molar-refractivity contribution >= 4 is 23.1 Å². The lowest BCUT2D eigenvalue weighted by Crippen LogP contribution is -2.49. The summed E-state index contributed by atoms with van der Waals surface area (Å²) in [5.41, 5.74) is 0.922. The van der Waals surface area contributed by atoms with Crippen molar-refractivity contribution in [2.75, 3.05) is 50.1 Å². The molecule has 1 aromatic carbocycles. The predicted molar refractivity (Wildman–Crippen MR) is 97.6 cm³/mol. The van der Waals surface area contributed by atoms with Crippen molar-refractivity contribution in [3.05, 3.63) is 52.5 Å². The monoisotopic (exact) mass is 356 g/mol. The van der Waals surface area contributed by atoms with E-state index < -0.39 is 4.92 Å². The van der Waals surface area contributed by atoms with Crippen LogP contribution in [0.15, 0.2) is 36.8 Å². The summed E-state index contributed by atoms with van der Waals surface area (Å²) in [6.45, 7) is 2.31. The number of aromatic nitrogens is 2. The molecule has 3 rings (SSSR count). The van der Waals surface area contributed by atoms with Crippen LogP contribution in [0, 0.1) is 10.1 Å². The molecular formula is C17H20N6O3. The third kappa shape index (κ3) is 3.56. The van der Waals surface area contributed by atoms with E-state index in [0.717, 1.165) is 5.82 Å². The third-order valence-corrected chi connectivity index (χ3v) is 4.34. The lowest BCUT2D eigenvalue weighted by Gasteiger charge is -2.35. The smallest absolute Gasteiger partial charge is 0.270 e. The summed E-state index contributed by atoms with van der Waals surface area (Å²) in [5, 5.41) is 11.1. The third-order valence-electron chi connectivity index (χ3n) is 4.34. The summed E-state index contributed by atoms with van der Waals surface area (Å²) in [6, 6.07) is 4.38. The number of anilines is 2. The molecule has 0 N–H and O–H groups in total. The summed E-state index contributed by atoms with van der Waals surface area (Å²) < 4.78 is 0. The molecule has 1 aromatic heterocycles. The molecule has 1 amide bonds. The van der Waals surface area contributed by atoms with Gasteiger partial charge in [-0.3, -0.25) is 19.9 Å². The van der Waals surface area contributed by atoms with Crippen LogP contribution in [0.25, 0.3) is 0 Å². The Kier molecular flexibility index (Phi) is 4.97. The number of piperazine rings is 1. The molecule has 1 aliphatic heterocycles. The van der Waals surface area contributed by atoms with Gasteiger partial charge in [0.25, 0.3) is 11.6 Å². The zero-order chi connectivity index (χ0) is 18.7. The average molecular weight is 356 g/mol. The van der Waals surface area contributed by atoms with Crippen LogP contribution in [0.3, 0.4) is 0 Å². The van der Waals surface area contributed by atoms with E-state index in [2.05, 4.69) is 14.9 Å². The number of hydrogen-bond donors (Lipinski definition) is 0. The molecule has 9 heteroatoms. The molecule has 2 aromatic rings. The number of rotatable bonds is 4. The van der Waals surface area contributed by atoms with E-state index in [9.17, 15) is 14.9 Å². The second-order valence-corrected chi connectivity index (χ2v) is 6.20. The number of amides is 1. The highest BCUT2D eigenvalue weighted by Gasteiger charge is 2.26. The second kappa shape index (κ2) is 7.34. The van der Waals surface area contributed by atoms with Crippen LogP contribution >= 0.6 is 0 Å². The fourth-order valence-electron chi connectivity index (χ4n) is 2.96. The van der Waals surface area contributed by atoms with E-state index in [1.165, 1.54) is 12.1 Å². The van der Waals surface area contributed by atoms with Crippen molar-refractivity contribution in [3.8, 4) is 0 Å². The summed E-state index contributed by atoms with van der Waals surface area (Å²) in [4.78, 5) is 37.5. The number of carbonyl (C=O) groups excluding carboxylic acids is 1. The first kappa shape index (κ1) is 17.6. The number of nitro groups is 1. The van der Waals surface area contributed by atoms with Crippen LogP contribution in [-0.2, 0) is 0 Å². The molecule has 26 heavy (non-hydrogen) atoms. The van der Waals surface area contributed by atoms with Gasteiger partial charge in [-0.15, -0.1) is 0 Å². The highest BCUT2D eigenvalue weighted by atomic mass is 16.6. The van der Waals surface area contributed by atoms with Gasteiger partial charge in [0.1, 0.15) is 5.82 Å². The maximum absolute atomic E-state index is 13.0. The Labute approximate surface area is 151 Å². The topological polar surface area (TPSA) is 95.7 Å². The van der Waals surface area contributed by atoms with E-state index in [1.54, 1.807) is 34.5 Å². The van der Waals surface area contributed by atoms with Gasteiger partial charge in [-0.25, -0.2) is 4.98 Å². The van der Waals surface area contributed by atoms with Gasteiger partial charge in [-0.05, 0) is 6.07 Å². The van der Waals surface area contributed by atoms with Crippen LogP contribution in [0.5, 0.6) is 0 Å². The fraction of sp³-hybridized carbons (Fsp3) is 0.353. The second-order valence-electron chi connectivity index (χ2n) is 6.20. The minimum Gasteiger partial charge on any atom is -0.377 e. The summed E-state index contributed by atoms with van der Waals surface area (Å²) in [5.74, 6) is 0.583. The molecule has 1 saturated heterocycles. The Morgan fingerprint density at radius 3 is 2.50 bits per heavy atom. The Morgan fingerprint density at radius 1 is 1.19 bits per heavy atom. The average Bonchev–Trinajstić information content (AvgIpc) is 2.67. The number of nitro benzene ring substituents is 1. The lowest BCUT2D eigenvalue weighted by atomic mass is 10.1. The lowest BCUT2D eigenvalue weighted by molar-refractivity contribution is -0.384. The van der Waals surface area contributed by atoms with Gasteiger partial charge in [0.15, 0.2) is 0 Å². The van der Waals surface area contributed by atoms with Gasteiger partial charge in [-0.1, -0.05) is 0 Å². The van der Waals surface area contributed by atoms with E-state index in [1.807, 2.05) is 14.1 Å². The molecular weight excluding hydrogens is 336 g/mol. The molecule has 0 radical (unpaired) electrons. The number of nitrogens with zero attached hydrogens (tertiary/aromatic N) is 6. The normalized spacial score (nSPS) is 14.2. The quantitative estimate of drug-likeness (QED) is 0.604. The highest BCUT2D eigenvalue weighted by molar-refractivity contribution is 6.00. The first-order chi connectivity index (χ1) is 12.5. The van der Waals surface area contributed by atoms with Gasteiger partial charge < -0.3 is 14.7 Å². The van der Waals surface area contributed by atoms with Crippen molar-refractivity contribution in [3.63, 3.8) is 0 Å². The van der Waals surface area contributed by atoms with E-state index in [4.69, 9.17) is 0 Å². The van der Waals surface area contributed by atoms with E-state index >= 15 is 0 Å². The molecule has 1 aliphatic rings. The van der Waals surface area contributed by atoms with Crippen molar-refractivity contribution in [2.45, 2.75) is 0 Å². The van der Waals surface area contributed by atoms with Crippen molar-refractivity contribution in [2.24, 2.45) is 0 Å². The number of carbonyl (C=O) groups is 1. The molecule has 0 spiro atoms. The predicted octanol–water partition coefficient (Wildman–Crippen LogP) is 1.41. The molecule has 9 nitrogen and oxygen atoms in total. The molecule has 0 unspecified atom stereocenters. The molecule has 0 aliphatic carbocycles. The van der Waals surface area contributed by atoms with Crippen molar-refractivity contribution in [1.29, 1.82) is 0 Å². The van der Waals surface area contributed by atoms with Crippen molar-refractivity contribution in [1.82, 2.24) is 14.9 Å². The number of benzene rings is 1. The van der Waals surface area contributed by atoms with E-state index in [0.29, 0.717) is 37.4 Å². The van der Waals surface area contributed by atoms with E-state index in [-0.39, 0.29) is 11.6 Å². The minimum absolute atomic E-state index is 0.0860. The number of non-ortho nitro benzene ring substituents is 1. The Bertz CT molecular complexity index is 803. The minimum atomic E-state index is -0.484. The zero-order valence-electron chi connectivity index (χ0n) is 14.7. The van der Waals surface area contributed by atoms with Crippen LogP contribution in [-0.4, -0.2) is 66.0 Å². The highest BCUT2D eigenvalue weighted by Crippen LogP contribution is 2.26. The first-order valence-corrected chi connectivity index (χ1v) is 8.23. The summed E-state index contributed by atoms with van der Waals surface area (Å²) in [6.07, 6.45) is 4.95. The Hall–Kier alpha value is -3.23. The Balaban J connectivity index is 1.78. The molecule has 0 bridgehead atoms. The fourth-order valence-corrected chi connectivity index (χ4v) is 2.96. The molecule has 136 valence electrons. The van der Waals surface area contributed by atoms with Gasteiger partial charge in [0.2, 0.25) is 0 Å². The molecule has 2 heterocycles.